The highest BCUT2D eigenvalue weighted by Crippen LogP contribution is 2.38. The molecule has 0 radical (unpaired) electrons. The number of para-hydroxylation sites is 1. The highest BCUT2D eigenvalue weighted by Gasteiger charge is 2.39. The van der Waals surface area contributed by atoms with Gasteiger partial charge in [-0.3, -0.25) is 4.79 Å². The third-order valence-corrected chi connectivity index (χ3v) is 9.58. The van der Waals surface area contributed by atoms with Crippen molar-refractivity contribution in [3.63, 3.8) is 0 Å². The third kappa shape index (κ3) is 4.25. The van der Waals surface area contributed by atoms with Crippen LogP contribution in [-0.4, -0.2) is 55.3 Å². The van der Waals surface area contributed by atoms with Crippen LogP contribution in [0.5, 0.6) is 5.75 Å². The van der Waals surface area contributed by atoms with Crippen molar-refractivity contribution in [1.82, 2.24) is 14.2 Å². The predicted molar refractivity (Wildman–Crippen MR) is 128 cm³/mol. The van der Waals surface area contributed by atoms with Crippen molar-refractivity contribution in [3.8, 4) is 5.75 Å². The van der Waals surface area contributed by atoms with Gasteiger partial charge in [-0.2, -0.15) is 4.31 Å². The Morgan fingerprint density at radius 2 is 1.82 bits per heavy atom. The molecule has 0 bridgehead atoms. The molecule has 2 unspecified atom stereocenters. The van der Waals surface area contributed by atoms with Crippen LogP contribution in [0.25, 0.3) is 10.2 Å². The van der Waals surface area contributed by atoms with Crippen molar-refractivity contribution in [3.05, 3.63) is 53.5 Å². The lowest BCUT2D eigenvalue weighted by Crippen LogP contribution is -2.46. The number of methoxy groups -OCH3 is 1. The van der Waals surface area contributed by atoms with Gasteiger partial charge < -0.3 is 9.64 Å². The molecule has 3 heterocycles. The van der Waals surface area contributed by atoms with Gasteiger partial charge in [0.05, 0.1) is 34.2 Å². The van der Waals surface area contributed by atoms with E-state index in [0.717, 1.165) is 28.1 Å². The molecule has 0 spiro atoms. The van der Waals surface area contributed by atoms with E-state index >= 15 is 0 Å². The Labute approximate surface area is 198 Å². The summed E-state index contributed by atoms with van der Waals surface area (Å²) >= 11 is 1.65. The molecule has 33 heavy (non-hydrogen) atoms. The molecular formula is C24H27N3O4S2. The molecule has 2 fully saturated rings. The number of hydrogen-bond donors (Lipinski definition) is 0. The lowest BCUT2D eigenvalue weighted by molar-refractivity contribution is -0.137. The van der Waals surface area contributed by atoms with Gasteiger partial charge in [0.2, 0.25) is 15.9 Å². The topological polar surface area (TPSA) is 79.8 Å². The SMILES string of the molecule is COc1ccc(S(=O)(=O)N2CCCC(C(=O)N3CCCC3c3nc4ccccc4s3)C2)cc1. The summed E-state index contributed by atoms with van der Waals surface area (Å²) in [6.07, 6.45) is 3.21. The number of fused-ring (bicyclic) bond motifs is 1. The minimum atomic E-state index is -3.66. The van der Waals surface area contributed by atoms with Gasteiger partial charge >= 0.3 is 0 Å². The molecule has 3 aromatic rings. The first-order chi connectivity index (χ1) is 16.0. The molecule has 2 aliphatic heterocycles. The van der Waals surface area contributed by atoms with Crippen LogP contribution in [0.3, 0.4) is 0 Å². The molecule has 0 aliphatic carbocycles. The maximum absolute atomic E-state index is 13.6. The molecule has 7 nitrogen and oxygen atoms in total. The Bertz CT molecular complexity index is 1220. The molecule has 5 rings (SSSR count). The highest BCUT2D eigenvalue weighted by molar-refractivity contribution is 7.89. The van der Waals surface area contributed by atoms with Gasteiger partial charge in [-0.05, 0) is 62.1 Å². The first-order valence-corrected chi connectivity index (χ1v) is 13.5. The van der Waals surface area contributed by atoms with Crippen molar-refractivity contribution in [1.29, 1.82) is 0 Å². The summed E-state index contributed by atoms with van der Waals surface area (Å²) in [7, 11) is -2.12. The fourth-order valence-corrected chi connectivity index (χ4v) is 7.45. The lowest BCUT2D eigenvalue weighted by Gasteiger charge is -2.34. The first kappa shape index (κ1) is 22.3. The minimum absolute atomic E-state index is 0.0246. The van der Waals surface area contributed by atoms with Crippen LogP contribution in [0, 0.1) is 5.92 Å². The number of ether oxygens (including phenoxy) is 1. The number of nitrogens with zero attached hydrogens (tertiary/aromatic N) is 3. The molecule has 1 amide bonds. The number of sulfonamides is 1. The van der Waals surface area contributed by atoms with Crippen molar-refractivity contribution in [2.24, 2.45) is 5.92 Å². The van der Waals surface area contributed by atoms with Crippen LogP contribution in [-0.2, 0) is 14.8 Å². The van der Waals surface area contributed by atoms with E-state index in [-0.39, 0.29) is 29.3 Å². The summed E-state index contributed by atoms with van der Waals surface area (Å²) in [5.74, 6) is 0.323. The quantitative estimate of drug-likeness (QED) is 0.544. The van der Waals surface area contributed by atoms with Crippen LogP contribution in [0.1, 0.15) is 36.7 Å². The van der Waals surface area contributed by atoms with E-state index < -0.39 is 10.0 Å². The van der Waals surface area contributed by atoms with E-state index in [1.165, 1.54) is 4.31 Å². The molecule has 0 N–H and O–H groups in total. The van der Waals surface area contributed by atoms with Crippen LogP contribution in [0.2, 0.25) is 0 Å². The number of hydrogen-bond acceptors (Lipinski definition) is 6. The minimum Gasteiger partial charge on any atom is -0.497 e. The number of carbonyl (C=O) groups is 1. The Morgan fingerprint density at radius 1 is 1.06 bits per heavy atom. The number of aromatic nitrogens is 1. The van der Waals surface area contributed by atoms with E-state index in [1.807, 2.05) is 23.1 Å². The van der Waals surface area contributed by atoms with Crippen LogP contribution in [0.4, 0.5) is 0 Å². The fraction of sp³-hybridized carbons (Fsp3) is 0.417. The third-order valence-electron chi connectivity index (χ3n) is 6.56. The van der Waals surface area contributed by atoms with Crippen LogP contribution >= 0.6 is 11.3 Å². The Hall–Kier alpha value is -2.49. The summed E-state index contributed by atoms with van der Waals surface area (Å²) < 4.78 is 34.2. The van der Waals surface area contributed by atoms with Crippen LogP contribution < -0.4 is 4.74 Å². The predicted octanol–water partition coefficient (Wildman–Crippen LogP) is 4.07. The zero-order chi connectivity index (χ0) is 23.0. The monoisotopic (exact) mass is 485 g/mol. The Morgan fingerprint density at radius 3 is 2.58 bits per heavy atom. The second-order valence-electron chi connectivity index (χ2n) is 8.59. The summed E-state index contributed by atoms with van der Waals surface area (Å²) in [5.41, 5.74) is 0.964. The Balaban J connectivity index is 1.33. The van der Waals surface area contributed by atoms with Crippen LogP contribution in [0.15, 0.2) is 53.4 Å². The molecule has 2 aliphatic rings. The van der Waals surface area contributed by atoms with Crippen molar-refractivity contribution in [2.75, 3.05) is 26.7 Å². The second-order valence-corrected chi connectivity index (χ2v) is 11.6. The number of likely N-dealkylation sites (tertiary alicyclic amines) is 1. The number of piperidine rings is 1. The zero-order valence-electron chi connectivity index (χ0n) is 18.5. The molecular weight excluding hydrogens is 458 g/mol. The number of rotatable bonds is 5. The number of benzene rings is 2. The number of amides is 1. The Kier molecular flexibility index (Phi) is 6.11. The second kappa shape index (κ2) is 9.04. The van der Waals surface area contributed by atoms with Gasteiger partial charge in [0.15, 0.2) is 0 Å². The van der Waals surface area contributed by atoms with E-state index in [2.05, 4.69) is 6.07 Å². The molecule has 2 aromatic carbocycles. The van der Waals surface area contributed by atoms with Gasteiger partial charge in [0.25, 0.3) is 0 Å². The normalized spacial score (nSPS) is 22.0. The summed E-state index contributed by atoms with van der Waals surface area (Å²) in [6.45, 7) is 1.34. The lowest BCUT2D eigenvalue weighted by atomic mass is 9.97. The largest absolute Gasteiger partial charge is 0.497 e. The zero-order valence-corrected chi connectivity index (χ0v) is 20.1. The maximum atomic E-state index is 13.6. The molecule has 174 valence electrons. The van der Waals surface area contributed by atoms with E-state index in [0.29, 0.717) is 31.7 Å². The van der Waals surface area contributed by atoms with E-state index in [9.17, 15) is 13.2 Å². The van der Waals surface area contributed by atoms with E-state index in [4.69, 9.17) is 9.72 Å². The molecule has 1 aromatic heterocycles. The van der Waals surface area contributed by atoms with Crippen molar-refractivity contribution >= 4 is 37.5 Å². The standard InChI is InChI=1S/C24H27N3O4S2/c1-31-18-10-12-19(13-11-18)33(29,30)26-14-4-6-17(16-26)24(28)27-15-5-8-21(27)23-25-20-7-2-3-9-22(20)32-23/h2-3,7,9-13,17,21H,4-6,8,14-16H2,1H3. The molecule has 2 saturated heterocycles. The van der Waals surface area contributed by atoms with Crippen molar-refractivity contribution < 1.29 is 17.9 Å². The molecule has 2 atom stereocenters. The fourth-order valence-electron chi connectivity index (χ4n) is 4.81. The van der Waals surface area contributed by atoms with Gasteiger partial charge in [-0.25, -0.2) is 13.4 Å². The summed E-state index contributed by atoms with van der Waals surface area (Å²) in [6, 6.07) is 14.4. The maximum Gasteiger partial charge on any atom is 0.243 e. The van der Waals surface area contributed by atoms with Gasteiger partial charge in [-0.15, -0.1) is 11.3 Å². The molecule has 0 saturated carbocycles. The number of thiazole rings is 1. The first-order valence-electron chi connectivity index (χ1n) is 11.3. The average molecular weight is 486 g/mol. The molecule has 9 heteroatoms. The highest BCUT2D eigenvalue weighted by atomic mass is 32.2. The van der Waals surface area contributed by atoms with Gasteiger partial charge in [0, 0.05) is 19.6 Å². The summed E-state index contributed by atoms with van der Waals surface area (Å²) in [4.78, 5) is 20.5. The number of carbonyl (C=O) groups excluding carboxylic acids is 1. The van der Waals surface area contributed by atoms with Crippen molar-refractivity contribution in [2.45, 2.75) is 36.6 Å². The average Bonchev–Trinajstić information content (AvgIpc) is 3.50. The van der Waals surface area contributed by atoms with E-state index in [1.54, 1.807) is 42.7 Å². The smallest absolute Gasteiger partial charge is 0.243 e. The van der Waals surface area contributed by atoms with Gasteiger partial charge in [0.1, 0.15) is 10.8 Å². The summed E-state index contributed by atoms with van der Waals surface area (Å²) in [5, 5.41) is 0.973. The van der Waals surface area contributed by atoms with Gasteiger partial charge in [-0.1, -0.05) is 12.1 Å².